The average Bonchev–Trinajstić information content (AvgIpc) is 2.78. The van der Waals surface area contributed by atoms with Gasteiger partial charge >= 0.3 is 5.97 Å². The molecule has 0 radical (unpaired) electrons. The van der Waals surface area contributed by atoms with E-state index < -0.39 is 0 Å². The molecular weight excluding hydrogens is 242 g/mol. The Morgan fingerprint density at radius 2 is 2.05 bits per heavy atom. The zero-order valence-electron chi connectivity index (χ0n) is 10.9. The van der Waals surface area contributed by atoms with Gasteiger partial charge in [0.2, 0.25) is 5.89 Å². The van der Waals surface area contributed by atoms with Crippen LogP contribution in [0.3, 0.4) is 0 Å². The number of rotatable bonds is 4. The van der Waals surface area contributed by atoms with Gasteiger partial charge in [-0.2, -0.15) is 0 Å². The summed E-state index contributed by atoms with van der Waals surface area (Å²) in [5.41, 5.74) is 1.67. The van der Waals surface area contributed by atoms with Gasteiger partial charge in [0.1, 0.15) is 5.76 Å². The Balaban J connectivity index is 2.12. The number of nitrogens with zero attached hydrogens (tertiary/aromatic N) is 1. The molecule has 19 heavy (non-hydrogen) atoms. The fourth-order valence-electron chi connectivity index (χ4n) is 1.63. The minimum absolute atomic E-state index is 0.130. The topological polar surface area (TPSA) is 52.3 Å². The number of oxazole rings is 1. The Labute approximate surface area is 111 Å². The number of carbonyl (C=O) groups is 1. The van der Waals surface area contributed by atoms with E-state index in [-0.39, 0.29) is 12.4 Å². The second-order valence-electron chi connectivity index (χ2n) is 4.05. The van der Waals surface area contributed by atoms with Gasteiger partial charge < -0.3 is 9.15 Å². The third-order valence-electron chi connectivity index (χ3n) is 2.67. The van der Waals surface area contributed by atoms with Crippen LogP contribution in [0.2, 0.25) is 0 Å². The van der Waals surface area contributed by atoms with Crippen LogP contribution in [0.1, 0.15) is 22.9 Å². The lowest BCUT2D eigenvalue weighted by Crippen LogP contribution is -2.05. The highest BCUT2D eigenvalue weighted by Gasteiger charge is 2.12. The van der Waals surface area contributed by atoms with Crippen molar-refractivity contribution in [1.82, 2.24) is 4.98 Å². The van der Waals surface area contributed by atoms with Crippen molar-refractivity contribution in [2.75, 3.05) is 7.11 Å². The monoisotopic (exact) mass is 257 g/mol. The highest BCUT2D eigenvalue weighted by molar-refractivity contribution is 5.72. The van der Waals surface area contributed by atoms with Crippen molar-refractivity contribution in [2.24, 2.45) is 0 Å². The molecule has 0 aliphatic rings. The maximum Gasteiger partial charge on any atom is 0.311 e. The van der Waals surface area contributed by atoms with Gasteiger partial charge in [-0.05, 0) is 18.6 Å². The molecule has 0 aliphatic heterocycles. The summed E-state index contributed by atoms with van der Waals surface area (Å²) in [7, 11) is 1.36. The molecule has 1 aromatic heterocycles. The van der Waals surface area contributed by atoms with E-state index in [9.17, 15) is 4.79 Å². The molecule has 2 aromatic rings. The Morgan fingerprint density at radius 1 is 1.32 bits per heavy atom. The van der Waals surface area contributed by atoms with E-state index in [1.54, 1.807) is 13.0 Å². The van der Waals surface area contributed by atoms with E-state index in [2.05, 4.69) is 9.72 Å². The Kier molecular flexibility index (Phi) is 4.13. The van der Waals surface area contributed by atoms with Crippen LogP contribution in [0.15, 0.2) is 34.7 Å². The Hall–Kier alpha value is -2.36. The van der Waals surface area contributed by atoms with Crippen LogP contribution in [0.5, 0.6) is 0 Å². The summed E-state index contributed by atoms with van der Waals surface area (Å²) in [5.74, 6) is 0.799. The Bertz CT molecular complexity index is 585. The van der Waals surface area contributed by atoms with E-state index >= 15 is 0 Å². The number of hydrogen-bond acceptors (Lipinski definition) is 4. The molecule has 0 amide bonds. The van der Waals surface area contributed by atoms with Crippen LogP contribution < -0.4 is 0 Å². The number of carbonyl (C=O) groups excluding carboxylic acids is 1. The largest absolute Gasteiger partial charge is 0.469 e. The molecule has 2 rings (SSSR count). The van der Waals surface area contributed by atoms with Crippen LogP contribution in [0, 0.1) is 6.92 Å². The van der Waals surface area contributed by atoms with Crippen molar-refractivity contribution >= 4 is 18.1 Å². The van der Waals surface area contributed by atoms with E-state index in [1.807, 2.05) is 36.4 Å². The summed E-state index contributed by atoms with van der Waals surface area (Å²) < 4.78 is 10.1. The standard InChI is InChI=1S/C15H15NO3/c1-11-13(10-15(17)18-2)16-14(19-11)9-8-12-6-4-3-5-7-12/h3-9H,10H2,1-2H3. The lowest BCUT2D eigenvalue weighted by Gasteiger charge is -1.94. The van der Waals surface area contributed by atoms with Crippen LogP contribution in [0.4, 0.5) is 0 Å². The first-order valence-corrected chi connectivity index (χ1v) is 5.95. The second kappa shape index (κ2) is 6.00. The quantitative estimate of drug-likeness (QED) is 0.790. The van der Waals surface area contributed by atoms with E-state index in [4.69, 9.17) is 4.42 Å². The number of aromatic nitrogens is 1. The molecule has 0 atom stereocenters. The molecule has 4 heteroatoms. The summed E-state index contributed by atoms with van der Waals surface area (Å²) in [6.07, 6.45) is 3.82. The van der Waals surface area contributed by atoms with Crippen molar-refractivity contribution in [2.45, 2.75) is 13.3 Å². The van der Waals surface area contributed by atoms with Gasteiger partial charge in [0.05, 0.1) is 19.2 Å². The number of aryl methyl sites for hydroxylation is 1. The van der Waals surface area contributed by atoms with Gasteiger partial charge in [0.25, 0.3) is 0 Å². The minimum atomic E-state index is -0.324. The molecule has 0 unspecified atom stereocenters. The third kappa shape index (κ3) is 3.55. The molecule has 0 aliphatic carbocycles. The predicted molar refractivity (Wildman–Crippen MR) is 72.3 cm³/mol. The van der Waals surface area contributed by atoms with Crippen LogP contribution in [0.25, 0.3) is 12.2 Å². The fraction of sp³-hybridized carbons (Fsp3) is 0.200. The molecule has 0 saturated carbocycles. The van der Waals surface area contributed by atoms with Crippen LogP contribution in [-0.2, 0) is 16.0 Å². The summed E-state index contributed by atoms with van der Waals surface area (Å²) in [6, 6.07) is 9.86. The number of benzene rings is 1. The van der Waals surface area contributed by atoms with Gasteiger partial charge in [0, 0.05) is 6.08 Å². The highest BCUT2D eigenvalue weighted by Crippen LogP contribution is 2.14. The van der Waals surface area contributed by atoms with Crippen molar-refractivity contribution in [1.29, 1.82) is 0 Å². The number of ether oxygens (including phenoxy) is 1. The van der Waals surface area contributed by atoms with Crippen molar-refractivity contribution in [3.8, 4) is 0 Å². The average molecular weight is 257 g/mol. The van der Waals surface area contributed by atoms with Crippen molar-refractivity contribution in [3.63, 3.8) is 0 Å². The van der Waals surface area contributed by atoms with Gasteiger partial charge in [-0.3, -0.25) is 4.79 Å². The highest BCUT2D eigenvalue weighted by atomic mass is 16.5. The molecule has 4 nitrogen and oxygen atoms in total. The summed E-state index contributed by atoms with van der Waals surface area (Å²) in [6.45, 7) is 1.78. The first-order valence-electron chi connectivity index (χ1n) is 5.95. The molecular formula is C15H15NO3. The van der Waals surface area contributed by atoms with Gasteiger partial charge in [-0.25, -0.2) is 4.98 Å². The van der Waals surface area contributed by atoms with Crippen LogP contribution >= 0.6 is 0 Å². The first-order chi connectivity index (χ1) is 9.19. The van der Waals surface area contributed by atoms with Crippen LogP contribution in [-0.4, -0.2) is 18.1 Å². The molecule has 1 heterocycles. The molecule has 0 spiro atoms. The maximum absolute atomic E-state index is 11.2. The normalized spacial score (nSPS) is 10.8. The fourth-order valence-corrected chi connectivity index (χ4v) is 1.63. The summed E-state index contributed by atoms with van der Waals surface area (Å²) in [5, 5.41) is 0. The van der Waals surface area contributed by atoms with Crippen molar-refractivity contribution in [3.05, 3.63) is 53.2 Å². The molecule has 0 saturated heterocycles. The van der Waals surface area contributed by atoms with Gasteiger partial charge in [-0.1, -0.05) is 30.3 Å². The summed E-state index contributed by atoms with van der Waals surface area (Å²) in [4.78, 5) is 15.5. The minimum Gasteiger partial charge on any atom is -0.469 e. The zero-order chi connectivity index (χ0) is 13.7. The third-order valence-corrected chi connectivity index (χ3v) is 2.67. The molecule has 1 aromatic carbocycles. The number of hydrogen-bond donors (Lipinski definition) is 0. The smallest absolute Gasteiger partial charge is 0.311 e. The first kappa shape index (κ1) is 13.1. The van der Waals surface area contributed by atoms with E-state index in [1.165, 1.54) is 7.11 Å². The maximum atomic E-state index is 11.2. The van der Waals surface area contributed by atoms with E-state index in [0.29, 0.717) is 17.3 Å². The molecule has 0 bridgehead atoms. The zero-order valence-corrected chi connectivity index (χ0v) is 10.9. The predicted octanol–water partition coefficient (Wildman–Crippen LogP) is 2.87. The Morgan fingerprint density at radius 3 is 2.74 bits per heavy atom. The molecule has 98 valence electrons. The molecule has 0 fully saturated rings. The SMILES string of the molecule is COC(=O)Cc1nc(C=Cc2ccccc2)oc1C. The lowest BCUT2D eigenvalue weighted by molar-refractivity contribution is -0.139. The number of methoxy groups -OCH3 is 1. The second-order valence-corrected chi connectivity index (χ2v) is 4.05. The van der Waals surface area contributed by atoms with Gasteiger partial charge in [0.15, 0.2) is 0 Å². The summed E-state index contributed by atoms with van der Waals surface area (Å²) >= 11 is 0. The van der Waals surface area contributed by atoms with Crippen molar-refractivity contribution < 1.29 is 13.9 Å². The number of esters is 1. The van der Waals surface area contributed by atoms with E-state index in [0.717, 1.165) is 5.56 Å². The lowest BCUT2D eigenvalue weighted by atomic mass is 10.2. The van der Waals surface area contributed by atoms with Gasteiger partial charge in [-0.15, -0.1) is 0 Å². The molecule has 0 N–H and O–H groups in total.